The van der Waals surface area contributed by atoms with Gasteiger partial charge in [0, 0.05) is 43.0 Å². The Hall–Kier alpha value is -2.44. The fourth-order valence-corrected chi connectivity index (χ4v) is 3.53. The van der Waals surface area contributed by atoms with E-state index >= 15 is 0 Å². The number of hydrogen-bond acceptors (Lipinski definition) is 5. The van der Waals surface area contributed by atoms with Crippen LogP contribution in [0.15, 0.2) is 36.4 Å². The Morgan fingerprint density at radius 2 is 1.82 bits per heavy atom. The number of anilines is 2. The first kappa shape index (κ1) is 20.3. The summed E-state index contributed by atoms with van der Waals surface area (Å²) in [5, 5.41) is 3.67. The van der Waals surface area contributed by atoms with Gasteiger partial charge in [0.05, 0.1) is 26.5 Å². The molecule has 0 aromatic heterocycles. The van der Waals surface area contributed by atoms with E-state index in [4.69, 9.17) is 21.1 Å². The molecule has 2 aromatic carbocycles. The molecule has 0 saturated carbocycles. The molecule has 0 unspecified atom stereocenters. The van der Waals surface area contributed by atoms with Crippen LogP contribution in [0.25, 0.3) is 0 Å². The van der Waals surface area contributed by atoms with Gasteiger partial charge in [0.2, 0.25) is 5.91 Å². The van der Waals surface area contributed by atoms with E-state index in [1.54, 1.807) is 32.4 Å². The number of nitrogens with one attached hydrogen (secondary N) is 1. The third-order valence-electron chi connectivity index (χ3n) is 4.93. The first-order chi connectivity index (χ1) is 13.5. The number of hydrogen-bond donors (Lipinski definition) is 1. The van der Waals surface area contributed by atoms with Crippen molar-refractivity contribution in [2.24, 2.45) is 0 Å². The van der Waals surface area contributed by atoms with Gasteiger partial charge in [0.1, 0.15) is 11.5 Å². The lowest BCUT2D eigenvalue weighted by Gasteiger charge is -2.36. The Labute approximate surface area is 171 Å². The van der Waals surface area contributed by atoms with Crippen LogP contribution in [-0.4, -0.2) is 57.8 Å². The topological polar surface area (TPSA) is 54.0 Å². The number of benzene rings is 2. The van der Waals surface area contributed by atoms with Crippen LogP contribution in [0.3, 0.4) is 0 Å². The maximum atomic E-state index is 12.5. The van der Waals surface area contributed by atoms with Crippen LogP contribution in [0.5, 0.6) is 11.5 Å². The van der Waals surface area contributed by atoms with Gasteiger partial charge in [-0.15, -0.1) is 0 Å². The van der Waals surface area contributed by atoms with Crippen LogP contribution in [0, 0.1) is 6.92 Å². The molecule has 0 aliphatic carbocycles. The number of piperazine rings is 1. The molecule has 28 heavy (non-hydrogen) atoms. The van der Waals surface area contributed by atoms with Crippen LogP contribution < -0.4 is 19.7 Å². The average Bonchev–Trinajstić information content (AvgIpc) is 2.70. The molecule has 1 N–H and O–H groups in total. The van der Waals surface area contributed by atoms with Gasteiger partial charge in [0.15, 0.2) is 0 Å². The number of rotatable bonds is 6. The lowest BCUT2D eigenvalue weighted by molar-refractivity contribution is -0.117. The van der Waals surface area contributed by atoms with Crippen molar-refractivity contribution in [2.45, 2.75) is 6.92 Å². The van der Waals surface area contributed by atoms with Crippen LogP contribution in [0.4, 0.5) is 11.4 Å². The van der Waals surface area contributed by atoms with Crippen molar-refractivity contribution in [1.29, 1.82) is 0 Å². The highest BCUT2D eigenvalue weighted by molar-refractivity contribution is 6.30. The zero-order valence-electron chi connectivity index (χ0n) is 16.5. The van der Waals surface area contributed by atoms with Crippen molar-refractivity contribution < 1.29 is 14.3 Å². The summed E-state index contributed by atoms with van der Waals surface area (Å²) in [5.74, 6) is 1.20. The minimum absolute atomic E-state index is 0.0594. The molecule has 7 heteroatoms. The molecule has 1 amide bonds. The zero-order valence-corrected chi connectivity index (χ0v) is 17.3. The van der Waals surface area contributed by atoms with E-state index in [1.165, 1.54) is 11.3 Å². The van der Waals surface area contributed by atoms with E-state index in [0.29, 0.717) is 23.7 Å². The van der Waals surface area contributed by atoms with Crippen molar-refractivity contribution >= 4 is 28.9 Å². The first-order valence-corrected chi connectivity index (χ1v) is 9.63. The molecule has 0 spiro atoms. The van der Waals surface area contributed by atoms with Crippen molar-refractivity contribution in [3.05, 3.63) is 47.0 Å². The second kappa shape index (κ2) is 9.17. The predicted molar refractivity (Wildman–Crippen MR) is 113 cm³/mol. The van der Waals surface area contributed by atoms with Crippen molar-refractivity contribution in [3.8, 4) is 11.5 Å². The molecule has 1 heterocycles. The van der Waals surface area contributed by atoms with Gasteiger partial charge >= 0.3 is 0 Å². The molecular weight excluding hydrogens is 378 g/mol. The van der Waals surface area contributed by atoms with Gasteiger partial charge in [-0.2, -0.15) is 0 Å². The van der Waals surface area contributed by atoms with Crippen molar-refractivity contribution in [3.63, 3.8) is 0 Å². The maximum Gasteiger partial charge on any atom is 0.238 e. The zero-order chi connectivity index (χ0) is 20.1. The van der Waals surface area contributed by atoms with Crippen molar-refractivity contribution in [2.75, 3.05) is 57.2 Å². The molecule has 6 nitrogen and oxygen atoms in total. The molecule has 2 aromatic rings. The molecule has 1 fully saturated rings. The Morgan fingerprint density at radius 3 is 2.50 bits per heavy atom. The van der Waals surface area contributed by atoms with E-state index in [1.807, 2.05) is 18.2 Å². The van der Waals surface area contributed by atoms with Gasteiger partial charge < -0.3 is 19.7 Å². The third-order valence-corrected chi connectivity index (χ3v) is 5.17. The van der Waals surface area contributed by atoms with Crippen LogP contribution in [0.2, 0.25) is 5.02 Å². The SMILES string of the molecule is COc1ccc(NC(=O)CN2CCN(c3cc(Cl)ccc3C)CC2)c(OC)c1. The largest absolute Gasteiger partial charge is 0.497 e. The molecule has 0 bridgehead atoms. The Kier molecular flexibility index (Phi) is 6.65. The highest BCUT2D eigenvalue weighted by atomic mass is 35.5. The van der Waals surface area contributed by atoms with E-state index < -0.39 is 0 Å². The van der Waals surface area contributed by atoms with Crippen LogP contribution >= 0.6 is 11.6 Å². The number of ether oxygens (including phenoxy) is 2. The number of carbonyl (C=O) groups is 1. The standard InChI is InChI=1S/C21H26ClN3O3/c1-15-4-5-16(22)12-19(15)25-10-8-24(9-11-25)14-21(26)23-18-7-6-17(27-2)13-20(18)28-3/h4-7,12-13H,8-11,14H2,1-3H3,(H,23,26). The maximum absolute atomic E-state index is 12.5. The minimum atomic E-state index is -0.0594. The molecule has 1 aliphatic rings. The van der Waals surface area contributed by atoms with E-state index in [0.717, 1.165) is 31.2 Å². The highest BCUT2D eigenvalue weighted by Gasteiger charge is 2.21. The molecule has 150 valence electrons. The second-order valence-electron chi connectivity index (χ2n) is 6.81. The number of nitrogens with zero attached hydrogens (tertiary/aromatic N) is 2. The summed E-state index contributed by atoms with van der Waals surface area (Å²) in [5.41, 5.74) is 3.02. The number of amides is 1. The average molecular weight is 404 g/mol. The summed E-state index contributed by atoms with van der Waals surface area (Å²) in [4.78, 5) is 17.0. The minimum Gasteiger partial charge on any atom is -0.497 e. The molecule has 1 aliphatic heterocycles. The summed E-state index contributed by atoms with van der Waals surface area (Å²) in [6.07, 6.45) is 0. The number of carbonyl (C=O) groups excluding carboxylic acids is 1. The number of aryl methyl sites for hydroxylation is 1. The van der Waals surface area contributed by atoms with E-state index in [9.17, 15) is 4.79 Å². The summed E-state index contributed by atoms with van der Waals surface area (Å²) in [7, 11) is 3.17. The first-order valence-electron chi connectivity index (χ1n) is 9.25. The summed E-state index contributed by atoms with van der Waals surface area (Å²) in [6, 6.07) is 11.3. The normalized spacial score (nSPS) is 14.6. The molecular formula is C21H26ClN3O3. The monoisotopic (exact) mass is 403 g/mol. The van der Waals surface area contributed by atoms with Crippen LogP contribution in [0.1, 0.15) is 5.56 Å². The molecule has 0 radical (unpaired) electrons. The molecule has 3 rings (SSSR count). The Bertz CT molecular complexity index is 836. The number of halogens is 1. The van der Waals surface area contributed by atoms with Gasteiger partial charge in [-0.05, 0) is 36.8 Å². The Balaban J connectivity index is 1.55. The van der Waals surface area contributed by atoms with Gasteiger partial charge in [-0.1, -0.05) is 17.7 Å². The van der Waals surface area contributed by atoms with Gasteiger partial charge in [-0.3, -0.25) is 9.69 Å². The van der Waals surface area contributed by atoms with Crippen molar-refractivity contribution in [1.82, 2.24) is 4.90 Å². The van der Waals surface area contributed by atoms with E-state index in [2.05, 4.69) is 22.0 Å². The molecule has 0 atom stereocenters. The lowest BCUT2D eigenvalue weighted by atomic mass is 10.1. The van der Waals surface area contributed by atoms with E-state index in [-0.39, 0.29) is 5.91 Å². The lowest BCUT2D eigenvalue weighted by Crippen LogP contribution is -2.48. The summed E-state index contributed by atoms with van der Waals surface area (Å²) >= 11 is 6.15. The highest BCUT2D eigenvalue weighted by Crippen LogP contribution is 2.29. The quantitative estimate of drug-likeness (QED) is 0.800. The smallest absolute Gasteiger partial charge is 0.238 e. The summed E-state index contributed by atoms with van der Waals surface area (Å²) in [6.45, 7) is 5.80. The van der Waals surface area contributed by atoms with Gasteiger partial charge in [-0.25, -0.2) is 0 Å². The predicted octanol–water partition coefficient (Wildman–Crippen LogP) is 3.43. The fourth-order valence-electron chi connectivity index (χ4n) is 3.36. The summed E-state index contributed by atoms with van der Waals surface area (Å²) < 4.78 is 10.5. The third kappa shape index (κ3) is 4.88. The second-order valence-corrected chi connectivity index (χ2v) is 7.24. The Morgan fingerprint density at radius 1 is 1.07 bits per heavy atom. The van der Waals surface area contributed by atoms with Crippen LogP contribution in [-0.2, 0) is 4.79 Å². The number of methoxy groups -OCH3 is 2. The fraction of sp³-hybridized carbons (Fsp3) is 0.381. The molecule has 1 saturated heterocycles. The van der Waals surface area contributed by atoms with Gasteiger partial charge in [0.25, 0.3) is 0 Å².